The second-order valence-electron chi connectivity index (χ2n) is 5.00. The molecule has 1 atom stereocenters. The minimum Gasteiger partial charge on any atom is -0.346 e. The van der Waals surface area contributed by atoms with E-state index in [-0.39, 0.29) is 11.9 Å². The number of thioether (sulfide) groups is 1. The molecule has 0 bridgehead atoms. The minimum atomic E-state index is -0.0586. The molecule has 2 aromatic rings. The predicted octanol–water partition coefficient (Wildman–Crippen LogP) is 3.25. The summed E-state index contributed by atoms with van der Waals surface area (Å²) in [5, 5.41) is 3.04. The quantitative estimate of drug-likeness (QED) is 0.805. The number of aryl methyl sites for hydroxylation is 1. The number of carbonyl (C=O) groups is 1. The average molecular weight is 303 g/mol. The molecule has 0 saturated heterocycles. The Balaban J connectivity index is 1.96. The highest BCUT2D eigenvalue weighted by molar-refractivity contribution is 7.98. The van der Waals surface area contributed by atoms with Crippen LogP contribution in [0.2, 0.25) is 0 Å². The first-order valence-electron chi connectivity index (χ1n) is 7.06. The van der Waals surface area contributed by atoms with Crippen molar-refractivity contribution in [1.29, 1.82) is 0 Å². The van der Waals surface area contributed by atoms with Crippen LogP contribution in [-0.2, 0) is 11.2 Å². The highest BCUT2D eigenvalue weighted by atomic mass is 32.2. The van der Waals surface area contributed by atoms with Crippen LogP contribution in [-0.4, -0.2) is 22.1 Å². The Labute approximate surface area is 129 Å². The number of nitrogens with zero attached hydrogens (tertiary/aromatic N) is 1. The van der Waals surface area contributed by atoms with Gasteiger partial charge < -0.3 is 10.3 Å². The van der Waals surface area contributed by atoms with E-state index in [2.05, 4.69) is 15.3 Å². The third kappa shape index (κ3) is 4.36. The van der Waals surface area contributed by atoms with E-state index in [1.165, 1.54) is 4.90 Å². The summed E-state index contributed by atoms with van der Waals surface area (Å²) in [6, 6.07) is 8.03. The van der Waals surface area contributed by atoms with Crippen LogP contribution >= 0.6 is 11.8 Å². The number of imidazole rings is 1. The SMILES string of the molecule is CC[C@@H](NC(=O)Cc1ccc(SC)cc1)c1ncc(C)[nH]1. The first-order chi connectivity index (χ1) is 10.1. The van der Waals surface area contributed by atoms with Crippen LogP contribution in [0.1, 0.15) is 36.5 Å². The van der Waals surface area contributed by atoms with Gasteiger partial charge in [0.2, 0.25) is 5.91 Å². The maximum absolute atomic E-state index is 12.2. The third-order valence-electron chi connectivity index (χ3n) is 3.32. The highest BCUT2D eigenvalue weighted by Gasteiger charge is 2.15. The molecule has 2 rings (SSSR count). The summed E-state index contributed by atoms with van der Waals surface area (Å²) in [6.45, 7) is 3.99. The zero-order chi connectivity index (χ0) is 15.2. The molecule has 0 aliphatic rings. The number of aromatic amines is 1. The van der Waals surface area contributed by atoms with Gasteiger partial charge in [-0.05, 0) is 37.3 Å². The van der Waals surface area contributed by atoms with Gasteiger partial charge in [0.25, 0.3) is 0 Å². The van der Waals surface area contributed by atoms with Crippen molar-refractivity contribution < 1.29 is 4.79 Å². The fraction of sp³-hybridized carbons (Fsp3) is 0.375. The number of hydrogen-bond donors (Lipinski definition) is 2. The molecule has 4 nitrogen and oxygen atoms in total. The maximum Gasteiger partial charge on any atom is 0.225 e. The van der Waals surface area contributed by atoms with Gasteiger partial charge in [-0.25, -0.2) is 4.98 Å². The Morgan fingerprint density at radius 2 is 2.10 bits per heavy atom. The molecule has 1 amide bonds. The van der Waals surface area contributed by atoms with Crippen molar-refractivity contribution in [2.45, 2.75) is 37.6 Å². The van der Waals surface area contributed by atoms with E-state index in [0.717, 1.165) is 23.5 Å². The lowest BCUT2D eigenvalue weighted by molar-refractivity contribution is -0.121. The molecule has 0 aliphatic carbocycles. The van der Waals surface area contributed by atoms with Crippen molar-refractivity contribution in [2.75, 3.05) is 6.26 Å². The lowest BCUT2D eigenvalue weighted by Gasteiger charge is -2.14. The molecule has 0 radical (unpaired) electrons. The standard InChI is InChI=1S/C16H21N3OS/c1-4-14(16-17-10-11(2)18-16)19-15(20)9-12-5-7-13(21-3)8-6-12/h5-8,10,14H,4,9H2,1-3H3,(H,17,18)(H,19,20)/t14-/m1/s1. The van der Waals surface area contributed by atoms with E-state index in [0.29, 0.717) is 6.42 Å². The van der Waals surface area contributed by atoms with Crippen molar-refractivity contribution in [3.8, 4) is 0 Å². The second-order valence-corrected chi connectivity index (χ2v) is 5.88. The van der Waals surface area contributed by atoms with Gasteiger partial charge in [0.05, 0.1) is 12.5 Å². The first-order valence-corrected chi connectivity index (χ1v) is 8.28. The topological polar surface area (TPSA) is 57.8 Å². The zero-order valence-electron chi connectivity index (χ0n) is 12.6. The van der Waals surface area contributed by atoms with Gasteiger partial charge in [0, 0.05) is 16.8 Å². The van der Waals surface area contributed by atoms with Gasteiger partial charge >= 0.3 is 0 Å². The van der Waals surface area contributed by atoms with Gasteiger partial charge in [0.15, 0.2) is 0 Å². The second kappa shape index (κ2) is 7.31. The van der Waals surface area contributed by atoms with Gasteiger partial charge in [-0.15, -0.1) is 11.8 Å². The summed E-state index contributed by atoms with van der Waals surface area (Å²) in [6.07, 6.45) is 5.03. The molecule has 1 aromatic carbocycles. The predicted molar refractivity (Wildman–Crippen MR) is 86.4 cm³/mol. The monoisotopic (exact) mass is 303 g/mol. The molecule has 0 unspecified atom stereocenters. The van der Waals surface area contributed by atoms with E-state index in [9.17, 15) is 4.79 Å². The Morgan fingerprint density at radius 3 is 2.62 bits per heavy atom. The molecule has 1 aromatic heterocycles. The van der Waals surface area contributed by atoms with Gasteiger partial charge in [-0.1, -0.05) is 19.1 Å². The summed E-state index contributed by atoms with van der Waals surface area (Å²) < 4.78 is 0. The normalized spacial score (nSPS) is 12.1. The van der Waals surface area contributed by atoms with Crippen LogP contribution < -0.4 is 5.32 Å². The fourth-order valence-electron chi connectivity index (χ4n) is 2.15. The van der Waals surface area contributed by atoms with E-state index in [1.807, 2.05) is 44.4 Å². The van der Waals surface area contributed by atoms with Crippen molar-refractivity contribution in [2.24, 2.45) is 0 Å². The number of carbonyl (C=O) groups excluding carboxylic acids is 1. The molecule has 0 spiro atoms. The molecule has 2 N–H and O–H groups in total. The fourth-order valence-corrected chi connectivity index (χ4v) is 2.56. The lowest BCUT2D eigenvalue weighted by Crippen LogP contribution is -2.30. The molecular weight excluding hydrogens is 282 g/mol. The lowest BCUT2D eigenvalue weighted by atomic mass is 10.1. The molecule has 0 saturated carbocycles. The number of rotatable bonds is 6. The number of hydrogen-bond acceptors (Lipinski definition) is 3. The van der Waals surface area contributed by atoms with E-state index >= 15 is 0 Å². The largest absolute Gasteiger partial charge is 0.346 e. The van der Waals surface area contributed by atoms with E-state index < -0.39 is 0 Å². The van der Waals surface area contributed by atoms with Crippen molar-refractivity contribution >= 4 is 17.7 Å². The Morgan fingerprint density at radius 1 is 1.38 bits per heavy atom. The van der Waals surface area contributed by atoms with Crippen molar-refractivity contribution in [3.63, 3.8) is 0 Å². The summed E-state index contributed by atoms with van der Waals surface area (Å²) in [4.78, 5) is 20.8. The van der Waals surface area contributed by atoms with Crippen molar-refractivity contribution in [1.82, 2.24) is 15.3 Å². The molecular formula is C16H21N3OS. The molecule has 0 aliphatic heterocycles. The molecule has 112 valence electrons. The van der Waals surface area contributed by atoms with E-state index in [1.54, 1.807) is 18.0 Å². The van der Waals surface area contributed by atoms with Crippen LogP contribution in [0.3, 0.4) is 0 Å². The van der Waals surface area contributed by atoms with Gasteiger partial charge in [0.1, 0.15) is 5.82 Å². The van der Waals surface area contributed by atoms with Crippen LogP contribution in [0.4, 0.5) is 0 Å². The van der Waals surface area contributed by atoms with Gasteiger partial charge in [-0.2, -0.15) is 0 Å². The summed E-state index contributed by atoms with van der Waals surface area (Å²) >= 11 is 1.70. The third-order valence-corrected chi connectivity index (χ3v) is 4.06. The number of benzene rings is 1. The van der Waals surface area contributed by atoms with Crippen LogP contribution in [0.5, 0.6) is 0 Å². The summed E-state index contributed by atoms with van der Waals surface area (Å²) in [5.41, 5.74) is 2.03. The number of amides is 1. The number of nitrogens with one attached hydrogen (secondary N) is 2. The maximum atomic E-state index is 12.2. The highest BCUT2D eigenvalue weighted by Crippen LogP contribution is 2.16. The molecule has 21 heavy (non-hydrogen) atoms. The molecule has 0 fully saturated rings. The van der Waals surface area contributed by atoms with Gasteiger partial charge in [-0.3, -0.25) is 4.79 Å². The summed E-state index contributed by atoms with van der Waals surface area (Å²) in [7, 11) is 0. The average Bonchev–Trinajstić information content (AvgIpc) is 2.92. The molecule has 1 heterocycles. The first kappa shape index (κ1) is 15.6. The number of H-pyrrole nitrogens is 1. The summed E-state index contributed by atoms with van der Waals surface area (Å²) in [5.74, 6) is 0.842. The van der Waals surface area contributed by atoms with Crippen molar-refractivity contribution in [3.05, 3.63) is 47.5 Å². The number of aromatic nitrogens is 2. The zero-order valence-corrected chi connectivity index (χ0v) is 13.5. The van der Waals surface area contributed by atoms with Crippen LogP contribution in [0, 0.1) is 6.92 Å². The molecule has 5 heteroatoms. The van der Waals surface area contributed by atoms with E-state index in [4.69, 9.17) is 0 Å². The Bertz CT molecular complexity index is 592. The minimum absolute atomic E-state index is 0.0211. The Kier molecular flexibility index (Phi) is 5.44. The van der Waals surface area contributed by atoms with Crippen LogP contribution in [0.25, 0.3) is 0 Å². The Hall–Kier alpha value is -1.75. The smallest absolute Gasteiger partial charge is 0.225 e. The van der Waals surface area contributed by atoms with Crippen LogP contribution in [0.15, 0.2) is 35.4 Å².